The molecule has 0 fully saturated rings. The minimum Gasteiger partial charge on any atom is -0.491 e. The van der Waals surface area contributed by atoms with Gasteiger partial charge in [0.15, 0.2) is 11.5 Å². The molecule has 0 bridgehead atoms. The number of nitrogens with zero attached hydrogens (tertiary/aromatic N) is 4. The van der Waals surface area contributed by atoms with E-state index in [1.807, 2.05) is 28.8 Å². The summed E-state index contributed by atoms with van der Waals surface area (Å²) in [5.41, 5.74) is 1.02. The third-order valence-electron chi connectivity index (χ3n) is 4.94. The van der Waals surface area contributed by atoms with Gasteiger partial charge >= 0.3 is 0 Å². The molecule has 0 radical (unpaired) electrons. The standard InChI is InChI=1S/C21H21FN4O3/c1-21(2,17(28)11-27)12-29-16-10-14(22)9-13-6-7-15(23-19(13)16)20-25-24-18-5-3-4-8-26(18)20/h3-10,17,27-28H,11-12H2,1-2H3/t17-/m0/s1. The van der Waals surface area contributed by atoms with E-state index in [9.17, 15) is 14.6 Å². The number of pyridine rings is 2. The average molecular weight is 396 g/mol. The fourth-order valence-electron chi connectivity index (χ4n) is 3.03. The Morgan fingerprint density at radius 3 is 2.79 bits per heavy atom. The van der Waals surface area contributed by atoms with Crippen LogP contribution >= 0.6 is 0 Å². The predicted octanol–water partition coefficient (Wildman–Crippen LogP) is 2.84. The molecule has 1 atom stereocenters. The zero-order valence-corrected chi connectivity index (χ0v) is 16.1. The van der Waals surface area contributed by atoms with Gasteiger partial charge in [-0.2, -0.15) is 0 Å². The van der Waals surface area contributed by atoms with Gasteiger partial charge in [-0.15, -0.1) is 10.2 Å². The van der Waals surface area contributed by atoms with E-state index < -0.39 is 17.3 Å². The fraction of sp³-hybridized carbons (Fsp3) is 0.286. The summed E-state index contributed by atoms with van der Waals surface area (Å²) >= 11 is 0. The molecule has 150 valence electrons. The van der Waals surface area contributed by atoms with Crippen LogP contribution in [0.5, 0.6) is 5.75 Å². The summed E-state index contributed by atoms with van der Waals surface area (Å²) in [5, 5.41) is 28.1. The van der Waals surface area contributed by atoms with Crippen molar-refractivity contribution < 1.29 is 19.3 Å². The first kappa shape index (κ1) is 19.2. The molecule has 0 aliphatic rings. The Morgan fingerprint density at radius 1 is 1.17 bits per heavy atom. The molecule has 0 spiro atoms. The summed E-state index contributed by atoms with van der Waals surface area (Å²) in [5.74, 6) is 0.373. The van der Waals surface area contributed by atoms with Gasteiger partial charge < -0.3 is 14.9 Å². The lowest BCUT2D eigenvalue weighted by molar-refractivity contribution is -0.0197. The number of hydrogen-bond acceptors (Lipinski definition) is 6. The first-order valence-corrected chi connectivity index (χ1v) is 9.21. The van der Waals surface area contributed by atoms with Gasteiger partial charge in [0.25, 0.3) is 0 Å². The summed E-state index contributed by atoms with van der Waals surface area (Å²) in [6.45, 7) is 3.21. The van der Waals surface area contributed by atoms with Gasteiger partial charge in [0.2, 0.25) is 0 Å². The van der Waals surface area contributed by atoms with Crippen LogP contribution in [0.4, 0.5) is 4.39 Å². The topological polar surface area (TPSA) is 92.8 Å². The second-order valence-electron chi connectivity index (χ2n) is 7.60. The highest BCUT2D eigenvalue weighted by molar-refractivity contribution is 5.86. The van der Waals surface area contributed by atoms with Crippen LogP contribution in [0.3, 0.4) is 0 Å². The van der Waals surface area contributed by atoms with Gasteiger partial charge in [-0.25, -0.2) is 9.37 Å². The second kappa shape index (κ2) is 7.38. The highest BCUT2D eigenvalue weighted by Crippen LogP contribution is 2.30. The number of benzene rings is 1. The van der Waals surface area contributed by atoms with Crippen LogP contribution in [-0.4, -0.2) is 49.1 Å². The molecule has 0 saturated carbocycles. The highest BCUT2D eigenvalue weighted by atomic mass is 19.1. The number of ether oxygens (including phenoxy) is 1. The maximum atomic E-state index is 14.1. The molecule has 0 amide bonds. The Bertz CT molecular complexity index is 1180. The van der Waals surface area contributed by atoms with Crippen LogP contribution in [0.15, 0.2) is 48.7 Å². The predicted molar refractivity (Wildman–Crippen MR) is 106 cm³/mol. The molecule has 4 aromatic rings. The van der Waals surface area contributed by atoms with Crippen molar-refractivity contribution in [1.82, 2.24) is 19.6 Å². The van der Waals surface area contributed by atoms with E-state index in [0.717, 1.165) is 0 Å². The molecule has 0 unspecified atom stereocenters. The minimum atomic E-state index is -0.965. The van der Waals surface area contributed by atoms with E-state index in [1.54, 1.807) is 26.0 Å². The van der Waals surface area contributed by atoms with Crippen molar-refractivity contribution in [2.45, 2.75) is 20.0 Å². The van der Waals surface area contributed by atoms with Gasteiger partial charge in [0.1, 0.15) is 22.8 Å². The Morgan fingerprint density at radius 2 is 2.00 bits per heavy atom. The smallest absolute Gasteiger partial charge is 0.187 e. The molecule has 0 aliphatic carbocycles. The lowest BCUT2D eigenvalue weighted by Gasteiger charge is -2.29. The number of aliphatic hydroxyl groups excluding tert-OH is 2. The molecule has 4 rings (SSSR count). The van der Waals surface area contributed by atoms with Crippen LogP contribution in [0.2, 0.25) is 0 Å². The molecule has 1 aromatic carbocycles. The quantitative estimate of drug-likeness (QED) is 0.521. The zero-order chi connectivity index (χ0) is 20.6. The Kier molecular flexibility index (Phi) is 4.89. The molecule has 8 heteroatoms. The second-order valence-corrected chi connectivity index (χ2v) is 7.60. The van der Waals surface area contributed by atoms with Gasteiger partial charge in [-0.05, 0) is 24.3 Å². The Labute approximate surface area is 166 Å². The molecule has 2 N–H and O–H groups in total. The maximum Gasteiger partial charge on any atom is 0.187 e. The molecule has 29 heavy (non-hydrogen) atoms. The minimum absolute atomic E-state index is 0.0764. The summed E-state index contributed by atoms with van der Waals surface area (Å²) in [7, 11) is 0. The van der Waals surface area contributed by atoms with Crippen molar-refractivity contribution in [2.24, 2.45) is 5.41 Å². The third-order valence-corrected chi connectivity index (χ3v) is 4.94. The van der Waals surface area contributed by atoms with E-state index in [-0.39, 0.29) is 19.0 Å². The number of aromatic nitrogens is 4. The Hall–Kier alpha value is -3.10. The third kappa shape index (κ3) is 3.64. The number of hydrogen-bond donors (Lipinski definition) is 2. The van der Waals surface area contributed by atoms with Crippen LogP contribution in [-0.2, 0) is 0 Å². The zero-order valence-electron chi connectivity index (χ0n) is 16.1. The van der Waals surface area contributed by atoms with Gasteiger partial charge in [-0.1, -0.05) is 26.0 Å². The monoisotopic (exact) mass is 396 g/mol. The lowest BCUT2D eigenvalue weighted by atomic mass is 9.88. The van der Waals surface area contributed by atoms with Gasteiger partial charge in [0.05, 0.1) is 19.3 Å². The summed E-state index contributed by atoms with van der Waals surface area (Å²) in [4.78, 5) is 4.65. The van der Waals surface area contributed by atoms with Crippen LogP contribution in [0, 0.1) is 11.2 Å². The average Bonchev–Trinajstić information content (AvgIpc) is 3.15. The van der Waals surface area contributed by atoms with E-state index in [0.29, 0.717) is 28.1 Å². The van der Waals surface area contributed by atoms with E-state index in [1.165, 1.54) is 12.1 Å². The van der Waals surface area contributed by atoms with Crippen molar-refractivity contribution in [3.8, 4) is 17.3 Å². The molecular formula is C21H21FN4O3. The lowest BCUT2D eigenvalue weighted by Crippen LogP contribution is -2.37. The first-order valence-electron chi connectivity index (χ1n) is 9.21. The van der Waals surface area contributed by atoms with Crippen molar-refractivity contribution in [3.05, 3.63) is 54.5 Å². The van der Waals surface area contributed by atoms with Crippen molar-refractivity contribution in [1.29, 1.82) is 0 Å². The van der Waals surface area contributed by atoms with E-state index in [2.05, 4.69) is 15.2 Å². The number of aliphatic hydroxyl groups is 2. The summed E-state index contributed by atoms with van der Waals surface area (Å²) in [6, 6.07) is 11.8. The SMILES string of the molecule is CC(C)(COc1cc(F)cc2ccc(-c3nnc4ccccn34)nc12)[C@@H](O)CO. The maximum absolute atomic E-state index is 14.1. The largest absolute Gasteiger partial charge is 0.491 e. The van der Waals surface area contributed by atoms with Gasteiger partial charge in [0, 0.05) is 23.1 Å². The molecule has 3 aromatic heterocycles. The van der Waals surface area contributed by atoms with Crippen molar-refractivity contribution in [2.75, 3.05) is 13.2 Å². The number of halogens is 1. The van der Waals surface area contributed by atoms with Gasteiger partial charge in [-0.3, -0.25) is 4.40 Å². The molecule has 3 heterocycles. The fourth-order valence-corrected chi connectivity index (χ4v) is 3.03. The highest BCUT2D eigenvalue weighted by Gasteiger charge is 2.28. The van der Waals surface area contributed by atoms with E-state index in [4.69, 9.17) is 4.74 Å². The van der Waals surface area contributed by atoms with Crippen LogP contribution in [0.1, 0.15) is 13.8 Å². The normalized spacial score (nSPS) is 13.1. The van der Waals surface area contributed by atoms with Crippen LogP contribution < -0.4 is 4.74 Å². The molecule has 0 aliphatic heterocycles. The molecular weight excluding hydrogens is 375 g/mol. The summed E-state index contributed by atoms with van der Waals surface area (Å²) in [6.07, 6.45) is 0.880. The first-order chi connectivity index (χ1) is 13.9. The number of rotatable bonds is 6. The van der Waals surface area contributed by atoms with Crippen LogP contribution in [0.25, 0.3) is 28.1 Å². The Balaban J connectivity index is 1.76. The molecule has 7 nitrogen and oxygen atoms in total. The van der Waals surface area contributed by atoms with Crippen molar-refractivity contribution in [3.63, 3.8) is 0 Å². The van der Waals surface area contributed by atoms with Crippen molar-refractivity contribution >= 4 is 16.6 Å². The molecule has 0 saturated heterocycles. The number of fused-ring (bicyclic) bond motifs is 2. The summed E-state index contributed by atoms with van der Waals surface area (Å²) < 4.78 is 21.7. The van der Waals surface area contributed by atoms with E-state index >= 15 is 0 Å².